The van der Waals surface area contributed by atoms with Crippen LogP contribution in [0.2, 0.25) is 0 Å². The van der Waals surface area contributed by atoms with Gasteiger partial charge in [0.05, 0.1) is 25.0 Å². The summed E-state index contributed by atoms with van der Waals surface area (Å²) in [7, 11) is 1.72. The molecule has 7 heteroatoms. The zero-order valence-electron chi connectivity index (χ0n) is 15.2. The summed E-state index contributed by atoms with van der Waals surface area (Å²) < 4.78 is 34.6. The van der Waals surface area contributed by atoms with Gasteiger partial charge in [-0.1, -0.05) is 24.2 Å². The van der Waals surface area contributed by atoms with Crippen molar-refractivity contribution in [2.45, 2.75) is 50.9 Å². The molecule has 2 saturated heterocycles. The zero-order valence-corrected chi connectivity index (χ0v) is 16.0. The molecule has 140 valence electrons. The molecule has 0 saturated carbocycles. The fourth-order valence-corrected chi connectivity index (χ4v) is 4.62. The van der Waals surface area contributed by atoms with Crippen LogP contribution >= 0.6 is 0 Å². The molecule has 2 aliphatic heterocycles. The third-order valence-corrected chi connectivity index (χ3v) is 6.48. The van der Waals surface area contributed by atoms with Crippen molar-refractivity contribution in [2.75, 3.05) is 31.6 Å². The van der Waals surface area contributed by atoms with E-state index in [1.165, 1.54) is 0 Å². The Bertz CT molecular complexity index is 560. The second kappa shape index (κ2) is 8.14. The quantitative estimate of drug-likeness (QED) is 0.676. The van der Waals surface area contributed by atoms with Crippen LogP contribution in [0, 0.1) is 0 Å². The topological polar surface area (TPSA) is 66.0 Å². The number of hydrogen-bond donors (Lipinski definition) is 1. The SMILES string of the molecule is CCC(OC)C(CC)Oc1cccc(N[S+]([O-])N2CCC23COC3)c1. The number of hydrogen-bond acceptors (Lipinski definition) is 6. The molecule has 0 bridgehead atoms. The van der Waals surface area contributed by atoms with E-state index in [9.17, 15) is 4.55 Å². The summed E-state index contributed by atoms with van der Waals surface area (Å²) in [6, 6.07) is 7.63. The number of anilines is 1. The minimum absolute atomic E-state index is 0.00141. The predicted molar refractivity (Wildman–Crippen MR) is 98.9 cm³/mol. The van der Waals surface area contributed by atoms with E-state index in [0.29, 0.717) is 13.2 Å². The van der Waals surface area contributed by atoms with Crippen molar-refractivity contribution in [1.29, 1.82) is 0 Å². The summed E-state index contributed by atoms with van der Waals surface area (Å²) in [5, 5.41) is 0. The van der Waals surface area contributed by atoms with Crippen LogP contribution in [0.3, 0.4) is 0 Å². The molecule has 2 fully saturated rings. The highest BCUT2D eigenvalue weighted by molar-refractivity contribution is 7.90. The zero-order chi connectivity index (χ0) is 17.9. The van der Waals surface area contributed by atoms with Gasteiger partial charge in [0.25, 0.3) is 0 Å². The third kappa shape index (κ3) is 3.90. The van der Waals surface area contributed by atoms with Crippen LogP contribution in [0.5, 0.6) is 5.75 Å². The molecule has 3 atom stereocenters. The van der Waals surface area contributed by atoms with Gasteiger partial charge < -0.3 is 18.8 Å². The maximum Gasteiger partial charge on any atom is 0.167 e. The fourth-order valence-electron chi connectivity index (χ4n) is 3.37. The van der Waals surface area contributed by atoms with E-state index in [0.717, 1.165) is 37.2 Å². The smallest absolute Gasteiger partial charge is 0.167 e. The Hall–Kier alpha value is -0.990. The van der Waals surface area contributed by atoms with Crippen LogP contribution in [0.25, 0.3) is 0 Å². The molecule has 0 aliphatic carbocycles. The highest BCUT2D eigenvalue weighted by atomic mass is 32.2. The van der Waals surface area contributed by atoms with E-state index in [2.05, 4.69) is 18.6 Å². The number of nitrogens with zero attached hydrogens (tertiary/aromatic N) is 1. The van der Waals surface area contributed by atoms with E-state index in [1.54, 1.807) is 7.11 Å². The maximum absolute atomic E-state index is 12.6. The molecule has 1 spiro atoms. The Balaban J connectivity index is 1.61. The molecule has 1 N–H and O–H groups in total. The molecule has 6 nitrogen and oxygen atoms in total. The van der Waals surface area contributed by atoms with Gasteiger partial charge in [0.2, 0.25) is 0 Å². The van der Waals surface area contributed by atoms with E-state index < -0.39 is 11.5 Å². The number of ether oxygens (including phenoxy) is 3. The molecule has 1 aromatic rings. The number of rotatable bonds is 9. The molecule has 0 amide bonds. The van der Waals surface area contributed by atoms with Gasteiger partial charge in [-0.05, 0) is 31.4 Å². The summed E-state index contributed by atoms with van der Waals surface area (Å²) in [5.74, 6) is 0.759. The van der Waals surface area contributed by atoms with E-state index in [-0.39, 0.29) is 17.7 Å². The Labute approximate surface area is 153 Å². The lowest BCUT2D eigenvalue weighted by atomic mass is 9.86. The van der Waals surface area contributed by atoms with Crippen LogP contribution in [0.4, 0.5) is 5.69 Å². The highest BCUT2D eigenvalue weighted by Gasteiger charge is 2.57. The Morgan fingerprint density at radius 1 is 1.32 bits per heavy atom. The van der Waals surface area contributed by atoms with Crippen LogP contribution < -0.4 is 9.46 Å². The Kier molecular flexibility index (Phi) is 6.12. The first kappa shape index (κ1) is 18.8. The van der Waals surface area contributed by atoms with Crippen molar-refractivity contribution in [1.82, 2.24) is 4.31 Å². The molecule has 25 heavy (non-hydrogen) atoms. The van der Waals surface area contributed by atoms with Gasteiger partial charge in [0.1, 0.15) is 17.4 Å². The number of benzene rings is 1. The predicted octanol–water partition coefficient (Wildman–Crippen LogP) is 2.73. The van der Waals surface area contributed by atoms with Crippen molar-refractivity contribution in [3.63, 3.8) is 0 Å². The van der Waals surface area contributed by atoms with Crippen LogP contribution in [0.1, 0.15) is 33.1 Å². The summed E-state index contributed by atoms with van der Waals surface area (Å²) in [4.78, 5) is 0. The molecule has 3 unspecified atom stereocenters. The molecule has 0 radical (unpaired) electrons. The second-order valence-electron chi connectivity index (χ2n) is 6.70. The standard InChI is InChI=1S/C18H28N2O4S/c1-4-16(22-3)17(5-2)24-15-8-6-7-14(11-15)19-25(21)20-10-9-18(20)12-23-13-18/h6-8,11,16-17,19H,4-5,9-10,12-13H2,1-3H3. The summed E-state index contributed by atoms with van der Waals surface area (Å²) in [6.07, 6.45) is 2.89. The van der Waals surface area contributed by atoms with Gasteiger partial charge in [0.15, 0.2) is 11.5 Å². The summed E-state index contributed by atoms with van der Waals surface area (Å²) in [6.45, 7) is 6.37. The molecular formula is C18H28N2O4S. The monoisotopic (exact) mass is 368 g/mol. The van der Waals surface area contributed by atoms with Crippen molar-refractivity contribution in [3.8, 4) is 5.75 Å². The lowest BCUT2D eigenvalue weighted by molar-refractivity contribution is -0.156. The Morgan fingerprint density at radius 3 is 2.60 bits per heavy atom. The van der Waals surface area contributed by atoms with Crippen LogP contribution in [0.15, 0.2) is 24.3 Å². The molecule has 2 aliphatic rings. The van der Waals surface area contributed by atoms with E-state index in [4.69, 9.17) is 14.2 Å². The van der Waals surface area contributed by atoms with Crippen molar-refractivity contribution in [3.05, 3.63) is 24.3 Å². The van der Waals surface area contributed by atoms with Gasteiger partial charge in [-0.3, -0.25) is 0 Å². The maximum atomic E-state index is 12.6. The largest absolute Gasteiger partial charge is 0.573 e. The lowest BCUT2D eigenvalue weighted by Crippen LogP contribution is -2.72. The first-order valence-corrected chi connectivity index (χ1v) is 10.1. The van der Waals surface area contributed by atoms with Gasteiger partial charge in [0, 0.05) is 19.7 Å². The van der Waals surface area contributed by atoms with Gasteiger partial charge in [-0.2, -0.15) is 4.72 Å². The van der Waals surface area contributed by atoms with Gasteiger partial charge in [-0.15, -0.1) is 0 Å². The van der Waals surface area contributed by atoms with Crippen LogP contribution in [-0.4, -0.2) is 53.5 Å². The highest BCUT2D eigenvalue weighted by Crippen LogP contribution is 2.39. The Morgan fingerprint density at radius 2 is 2.08 bits per heavy atom. The second-order valence-corrected chi connectivity index (χ2v) is 7.84. The van der Waals surface area contributed by atoms with E-state index >= 15 is 0 Å². The average molecular weight is 368 g/mol. The van der Waals surface area contributed by atoms with Crippen molar-refractivity contribution in [2.24, 2.45) is 0 Å². The number of methoxy groups -OCH3 is 1. The first-order chi connectivity index (χ1) is 12.1. The lowest BCUT2D eigenvalue weighted by Gasteiger charge is -2.54. The third-order valence-electron chi connectivity index (χ3n) is 5.10. The minimum atomic E-state index is -1.26. The molecule has 1 aromatic carbocycles. The molecule has 0 aromatic heterocycles. The molecule has 3 rings (SSSR count). The average Bonchev–Trinajstić information content (AvgIpc) is 2.52. The van der Waals surface area contributed by atoms with Crippen LogP contribution in [-0.2, 0) is 21.0 Å². The first-order valence-electron chi connectivity index (χ1n) is 8.95. The molecule has 2 heterocycles. The van der Waals surface area contributed by atoms with Crippen molar-refractivity contribution >= 4 is 17.2 Å². The fraction of sp³-hybridized carbons (Fsp3) is 0.667. The van der Waals surface area contributed by atoms with Gasteiger partial charge in [-0.25, -0.2) is 0 Å². The number of nitrogens with one attached hydrogen (secondary N) is 1. The van der Waals surface area contributed by atoms with Gasteiger partial charge >= 0.3 is 0 Å². The molecular weight excluding hydrogens is 340 g/mol. The summed E-state index contributed by atoms with van der Waals surface area (Å²) >= 11 is -1.26. The summed E-state index contributed by atoms with van der Waals surface area (Å²) in [5.41, 5.74) is 0.782. The minimum Gasteiger partial charge on any atom is -0.573 e. The normalized spacial score (nSPS) is 22.6. The van der Waals surface area contributed by atoms with Crippen molar-refractivity contribution < 1.29 is 18.8 Å². The van der Waals surface area contributed by atoms with E-state index in [1.807, 2.05) is 28.6 Å².